The van der Waals surface area contributed by atoms with Gasteiger partial charge in [-0.25, -0.2) is 4.68 Å². The molecule has 1 saturated heterocycles. The lowest BCUT2D eigenvalue weighted by Crippen LogP contribution is -2.46. The fraction of sp³-hybridized carbons (Fsp3) is 0.379. The van der Waals surface area contributed by atoms with Gasteiger partial charge >= 0.3 is 0 Å². The van der Waals surface area contributed by atoms with E-state index in [1.807, 2.05) is 4.68 Å². The van der Waals surface area contributed by atoms with Crippen molar-refractivity contribution in [3.8, 4) is 5.69 Å². The average molecular weight is 486 g/mol. The number of aromatic nitrogens is 3. The smallest absolute Gasteiger partial charge is 0.203 e. The molecule has 6 heteroatoms. The second kappa shape index (κ2) is 10.4. The fourth-order valence-electron chi connectivity index (χ4n) is 5.23. The van der Waals surface area contributed by atoms with Crippen LogP contribution in [-0.4, -0.2) is 56.9 Å². The highest BCUT2D eigenvalue weighted by Gasteiger charge is 2.20. The average Bonchev–Trinajstić information content (AvgIpc) is 3.15. The molecule has 0 amide bonds. The predicted octanol–water partition coefficient (Wildman–Crippen LogP) is 5.75. The molecule has 0 unspecified atom stereocenters. The number of hydrogen-bond acceptors (Lipinski definition) is 4. The van der Waals surface area contributed by atoms with Gasteiger partial charge in [-0.3, -0.25) is 9.47 Å². The van der Waals surface area contributed by atoms with Crippen molar-refractivity contribution in [2.24, 2.45) is 0 Å². The molecule has 1 aliphatic heterocycles. The molecule has 3 aromatic carbocycles. The molecule has 1 aliphatic rings. The van der Waals surface area contributed by atoms with Crippen molar-refractivity contribution < 1.29 is 0 Å². The summed E-state index contributed by atoms with van der Waals surface area (Å²) in [5.41, 5.74) is 4.86. The van der Waals surface area contributed by atoms with Crippen LogP contribution in [0.15, 0.2) is 60.7 Å². The molecule has 35 heavy (non-hydrogen) atoms. The highest BCUT2D eigenvalue weighted by Crippen LogP contribution is 2.24. The standard InChI is InChI=1S/C29H35N5S/c1-4-14-31-15-17-32(18-16-31)21-33-29(35)34(27-13-12-22(2)19-23(27)3)28(30-33)20-25-10-7-9-24-8-5-6-11-26(24)25/h5-13,19H,4,14-18,20-21H2,1-3H3. The Bertz CT molecular complexity index is 1370. The second-order valence-corrected chi connectivity index (χ2v) is 10.1. The Balaban J connectivity index is 1.52. The summed E-state index contributed by atoms with van der Waals surface area (Å²) < 4.78 is 4.99. The summed E-state index contributed by atoms with van der Waals surface area (Å²) in [6, 6.07) is 21.7. The number of aryl methyl sites for hydroxylation is 2. The van der Waals surface area contributed by atoms with Crippen LogP contribution in [0.1, 0.15) is 35.9 Å². The van der Waals surface area contributed by atoms with Crippen molar-refractivity contribution in [2.75, 3.05) is 32.7 Å². The molecule has 0 aliphatic carbocycles. The lowest BCUT2D eigenvalue weighted by atomic mass is 10.0. The van der Waals surface area contributed by atoms with E-state index in [9.17, 15) is 0 Å². The monoisotopic (exact) mass is 485 g/mol. The molecule has 0 spiro atoms. The highest BCUT2D eigenvalue weighted by atomic mass is 32.1. The van der Waals surface area contributed by atoms with E-state index in [1.165, 1.54) is 40.4 Å². The third-order valence-electron chi connectivity index (χ3n) is 7.07. The summed E-state index contributed by atoms with van der Waals surface area (Å²) in [4.78, 5) is 5.03. The number of hydrogen-bond donors (Lipinski definition) is 0. The zero-order valence-corrected chi connectivity index (χ0v) is 21.9. The number of nitrogens with zero attached hydrogens (tertiary/aromatic N) is 5. The Labute approximate surface area is 213 Å². The van der Waals surface area contributed by atoms with E-state index in [2.05, 4.69) is 95.8 Å². The van der Waals surface area contributed by atoms with Crippen molar-refractivity contribution in [3.63, 3.8) is 0 Å². The lowest BCUT2D eigenvalue weighted by molar-refractivity contribution is 0.102. The Morgan fingerprint density at radius 1 is 0.886 bits per heavy atom. The van der Waals surface area contributed by atoms with Crippen LogP contribution in [0, 0.1) is 18.6 Å². The summed E-state index contributed by atoms with van der Waals surface area (Å²) >= 11 is 6.06. The summed E-state index contributed by atoms with van der Waals surface area (Å²) in [7, 11) is 0. The van der Waals surface area contributed by atoms with Crippen LogP contribution < -0.4 is 0 Å². The molecule has 182 valence electrons. The largest absolute Gasteiger partial charge is 0.301 e. The van der Waals surface area contributed by atoms with E-state index < -0.39 is 0 Å². The van der Waals surface area contributed by atoms with Gasteiger partial charge in [-0.05, 0) is 67.0 Å². The van der Waals surface area contributed by atoms with Crippen LogP contribution in [0.2, 0.25) is 0 Å². The molecule has 0 bridgehead atoms. The minimum Gasteiger partial charge on any atom is -0.301 e. The number of benzene rings is 3. The second-order valence-electron chi connectivity index (χ2n) is 9.74. The van der Waals surface area contributed by atoms with Crippen LogP contribution >= 0.6 is 12.2 Å². The SMILES string of the molecule is CCCN1CCN(Cn2nc(Cc3cccc4ccccc34)n(-c3ccc(C)cc3C)c2=S)CC1. The van der Waals surface area contributed by atoms with Crippen molar-refractivity contribution in [2.45, 2.75) is 40.3 Å². The van der Waals surface area contributed by atoms with Crippen LogP contribution in [0.3, 0.4) is 0 Å². The zero-order chi connectivity index (χ0) is 24.4. The maximum absolute atomic E-state index is 6.06. The van der Waals surface area contributed by atoms with E-state index in [4.69, 9.17) is 17.3 Å². The molecule has 0 N–H and O–H groups in total. The maximum Gasteiger partial charge on any atom is 0.203 e. The Kier molecular flexibility index (Phi) is 7.14. The van der Waals surface area contributed by atoms with Gasteiger partial charge in [-0.1, -0.05) is 67.1 Å². The fourth-order valence-corrected chi connectivity index (χ4v) is 5.54. The first kappa shape index (κ1) is 23.9. The molecule has 1 fully saturated rings. The quantitative estimate of drug-likeness (QED) is 0.312. The van der Waals surface area contributed by atoms with E-state index >= 15 is 0 Å². The molecule has 2 heterocycles. The molecule has 5 nitrogen and oxygen atoms in total. The third-order valence-corrected chi connectivity index (χ3v) is 7.46. The number of rotatable bonds is 7. The van der Waals surface area contributed by atoms with Gasteiger partial charge in [0, 0.05) is 32.6 Å². The van der Waals surface area contributed by atoms with Crippen molar-refractivity contribution >= 4 is 23.0 Å². The third kappa shape index (κ3) is 5.10. The highest BCUT2D eigenvalue weighted by molar-refractivity contribution is 7.71. The minimum absolute atomic E-state index is 0.732. The summed E-state index contributed by atoms with van der Waals surface area (Å²) in [5.74, 6) is 0.989. The Morgan fingerprint density at radius 3 is 2.40 bits per heavy atom. The first-order chi connectivity index (χ1) is 17.0. The topological polar surface area (TPSA) is 29.2 Å². The first-order valence-electron chi connectivity index (χ1n) is 12.7. The van der Waals surface area contributed by atoms with Gasteiger partial charge in [0.05, 0.1) is 12.4 Å². The molecule has 5 rings (SSSR count). The van der Waals surface area contributed by atoms with Gasteiger partial charge < -0.3 is 4.90 Å². The summed E-state index contributed by atoms with van der Waals surface area (Å²) in [6.45, 7) is 12.8. The van der Waals surface area contributed by atoms with Gasteiger partial charge in [0.1, 0.15) is 5.82 Å². The van der Waals surface area contributed by atoms with Crippen LogP contribution in [0.4, 0.5) is 0 Å². The van der Waals surface area contributed by atoms with E-state index in [0.29, 0.717) is 0 Å². The van der Waals surface area contributed by atoms with Crippen molar-refractivity contribution in [1.82, 2.24) is 24.1 Å². The van der Waals surface area contributed by atoms with E-state index in [-0.39, 0.29) is 0 Å². The molecular formula is C29H35N5S. The van der Waals surface area contributed by atoms with Gasteiger partial charge in [0.15, 0.2) is 0 Å². The van der Waals surface area contributed by atoms with Crippen LogP contribution in [0.25, 0.3) is 16.5 Å². The number of piperazine rings is 1. The van der Waals surface area contributed by atoms with E-state index in [0.717, 1.165) is 55.6 Å². The van der Waals surface area contributed by atoms with Crippen molar-refractivity contribution in [3.05, 3.63) is 87.9 Å². The van der Waals surface area contributed by atoms with Crippen molar-refractivity contribution in [1.29, 1.82) is 0 Å². The first-order valence-corrected chi connectivity index (χ1v) is 13.1. The van der Waals surface area contributed by atoms with Crippen LogP contribution in [-0.2, 0) is 13.1 Å². The zero-order valence-electron chi connectivity index (χ0n) is 21.1. The summed E-state index contributed by atoms with van der Waals surface area (Å²) in [6.07, 6.45) is 1.94. The summed E-state index contributed by atoms with van der Waals surface area (Å²) in [5, 5.41) is 7.65. The predicted molar refractivity (Wildman–Crippen MR) is 147 cm³/mol. The van der Waals surface area contributed by atoms with Gasteiger partial charge in [0.25, 0.3) is 0 Å². The van der Waals surface area contributed by atoms with Gasteiger partial charge in [0.2, 0.25) is 4.77 Å². The number of fused-ring (bicyclic) bond motifs is 1. The molecule has 0 saturated carbocycles. The van der Waals surface area contributed by atoms with Gasteiger partial charge in [-0.15, -0.1) is 0 Å². The molecule has 1 aromatic heterocycles. The lowest BCUT2D eigenvalue weighted by Gasteiger charge is -2.34. The van der Waals surface area contributed by atoms with E-state index in [1.54, 1.807) is 0 Å². The normalized spacial score (nSPS) is 15.2. The molecular weight excluding hydrogens is 450 g/mol. The maximum atomic E-state index is 6.06. The minimum atomic E-state index is 0.732. The Hall–Kier alpha value is -2.80. The molecule has 4 aromatic rings. The molecule has 0 atom stereocenters. The Morgan fingerprint density at radius 2 is 1.63 bits per heavy atom. The molecule has 0 radical (unpaired) electrons. The van der Waals surface area contributed by atoms with Gasteiger partial charge in [-0.2, -0.15) is 5.10 Å². The van der Waals surface area contributed by atoms with Crippen LogP contribution in [0.5, 0.6) is 0 Å².